The molecule has 1 heterocycles. The van der Waals surface area contributed by atoms with Crippen molar-refractivity contribution in [3.05, 3.63) is 95.8 Å². The molecule has 0 saturated carbocycles. The summed E-state index contributed by atoms with van der Waals surface area (Å²) in [6, 6.07) is 24.1. The highest BCUT2D eigenvalue weighted by molar-refractivity contribution is 6.06. The van der Waals surface area contributed by atoms with Crippen molar-refractivity contribution in [2.75, 3.05) is 5.32 Å². The second kappa shape index (κ2) is 8.39. The summed E-state index contributed by atoms with van der Waals surface area (Å²) >= 11 is 0. The molecule has 144 valence electrons. The first-order valence-corrected chi connectivity index (χ1v) is 9.17. The Morgan fingerprint density at radius 3 is 2.48 bits per heavy atom. The Balaban J connectivity index is 1.50. The molecule has 29 heavy (non-hydrogen) atoms. The molecule has 0 spiro atoms. The van der Waals surface area contributed by atoms with E-state index in [2.05, 4.69) is 15.5 Å². The second-order valence-electron chi connectivity index (χ2n) is 6.48. The van der Waals surface area contributed by atoms with Crippen LogP contribution in [0.4, 0.5) is 5.69 Å². The first kappa shape index (κ1) is 18.4. The van der Waals surface area contributed by atoms with E-state index >= 15 is 0 Å². The maximum Gasteiger partial charge on any atom is 0.260 e. The van der Waals surface area contributed by atoms with Crippen LogP contribution in [0.5, 0.6) is 5.75 Å². The number of ether oxygens (including phenoxy) is 1. The molecule has 1 N–H and O–H groups in total. The molecule has 0 radical (unpaired) electrons. The number of aryl methyl sites for hydroxylation is 1. The summed E-state index contributed by atoms with van der Waals surface area (Å²) in [6.07, 6.45) is 0. The molecule has 1 amide bonds. The van der Waals surface area contributed by atoms with Gasteiger partial charge in [-0.05, 0) is 43.3 Å². The average molecular weight is 385 g/mol. The summed E-state index contributed by atoms with van der Waals surface area (Å²) < 4.78 is 11.0. The number of benzene rings is 3. The van der Waals surface area contributed by atoms with Gasteiger partial charge in [0.2, 0.25) is 5.82 Å². The van der Waals surface area contributed by atoms with Gasteiger partial charge in [0.05, 0.1) is 11.3 Å². The zero-order valence-electron chi connectivity index (χ0n) is 15.8. The van der Waals surface area contributed by atoms with Crippen molar-refractivity contribution in [3.63, 3.8) is 0 Å². The largest absolute Gasteiger partial charge is 0.485 e. The third-order valence-corrected chi connectivity index (χ3v) is 4.30. The Morgan fingerprint density at radius 2 is 1.69 bits per heavy atom. The van der Waals surface area contributed by atoms with Gasteiger partial charge in [-0.3, -0.25) is 4.79 Å². The third kappa shape index (κ3) is 4.50. The third-order valence-electron chi connectivity index (χ3n) is 4.30. The van der Waals surface area contributed by atoms with Crippen molar-refractivity contribution < 1.29 is 14.1 Å². The van der Waals surface area contributed by atoms with Crippen LogP contribution in [0, 0.1) is 6.92 Å². The Morgan fingerprint density at radius 1 is 0.966 bits per heavy atom. The summed E-state index contributed by atoms with van der Waals surface area (Å²) in [5, 5.41) is 6.89. The summed E-state index contributed by atoms with van der Waals surface area (Å²) in [5.41, 5.74) is 2.91. The Kier molecular flexibility index (Phi) is 5.33. The second-order valence-corrected chi connectivity index (χ2v) is 6.48. The molecule has 6 heteroatoms. The molecule has 1 aromatic heterocycles. The quantitative estimate of drug-likeness (QED) is 0.512. The molecule has 3 aromatic carbocycles. The standard InChI is InChI=1S/C23H19N3O3/c1-16-11-13-17(14-12-16)22(27)24-20-10-6-5-9-19(20)23-25-21(26-29-23)15-28-18-7-3-2-4-8-18/h2-14H,15H2,1H3,(H,24,27). The Labute approximate surface area is 168 Å². The predicted octanol–water partition coefficient (Wildman–Crippen LogP) is 4.88. The molecule has 0 aliphatic carbocycles. The molecular formula is C23H19N3O3. The van der Waals surface area contributed by atoms with Gasteiger partial charge in [0, 0.05) is 5.56 Å². The van der Waals surface area contributed by atoms with E-state index < -0.39 is 0 Å². The molecule has 4 rings (SSSR count). The number of anilines is 1. The van der Waals surface area contributed by atoms with Gasteiger partial charge in [0.1, 0.15) is 5.75 Å². The summed E-state index contributed by atoms with van der Waals surface area (Å²) in [4.78, 5) is 17.0. The SMILES string of the molecule is Cc1ccc(C(=O)Nc2ccccc2-c2nc(COc3ccccc3)no2)cc1. The van der Waals surface area contributed by atoms with Crippen molar-refractivity contribution in [3.8, 4) is 17.2 Å². The molecule has 0 unspecified atom stereocenters. The number of amides is 1. The van der Waals surface area contributed by atoms with E-state index in [-0.39, 0.29) is 12.5 Å². The minimum Gasteiger partial charge on any atom is -0.485 e. The fourth-order valence-corrected chi connectivity index (χ4v) is 2.76. The van der Waals surface area contributed by atoms with E-state index in [0.717, 1.165) is 11.3 Å². The van der Waals surface area contributed by atoms with Crippen LogP contribution in [0.1, 0.15) is 21.7 Å². The van der Waals surface area contributed by atoms with Crippen molar-refractivity contribution >= 4 is 11.6 Å². The van der Waals surface area contributed by atoms with Gasteiger partial charge in [-0.2, -0.15) is 4.98 Å². The van der Waals surface area contributed by atoms with E-state index in [1.807, 2.05) is 67.6 Å². The highest BCUT2D eigenvalue weighted by atomic mass is 16.5. The van der Waals surface area contributed by atoms with Gasteiger partial charge in [-0.25, -0.2) is 0 Å². The topological polar surface area (TPSA) is 77.2 Å². The zero-order valence-corrected chi connectivity index (χ0v) is 15.8. The van der Waals surface area contributed by atoms with Crippen molar-refractivity contribution in [1.82, 2.24) is 10.1 Å². The van der Waals surface area contributed by atoms with Gasteiger partial charge >= 0.3 is 0 Å². The average Bonchev–Trinajstić information content (AvgIpc) is 3.23. The number of nitrogens with one attached hydrogen (secondary N) is 1. The summed E-state index contributed by atoms with van der Waals surface area (Å²) in [7, 11) is 0. The first-order chi connectivity index (χ1) is 14.2. The van der Waals surface area contributed by atoms with Gasteiger partial charge in [0.15, 0.2) is 6.61 Å². The minimum atomic E-state index is -0.204. The minimum absolute atomic E-state index is 0.186. The van der Waals surface area contributed by atoms with Crippen LogP contribution >= 0.6 is 0 Å². The number of carbonyl (C=O) groups is 1. The van der Waals surface area contributed by atoms with Crippen LogP contribution in [0.25, 0.3) is 11.5 Å². The van der Waals surface area contributed by atoms with Gasteiger partial charge in [-0.1, -0.05) is 53.2 Å². The number of aromatic nitrogens is 2. The fourth-order valence-electron chi connectivity index (χ4n) is 2.76. The molecule has 4 aromatic rings. The molecule has 0 saturated heterocycles. The predicted molar refractivity (Wildman–Crippen MR) is 110 cm³/mol. The van der Waals surface area contributed by atoms with E-state index in [4.69, 9.17) is 9.26 Å². The van der Waals surface area contributed by atoms with Crippen LogP contribution in [-0.2, 0) is 6.61 Å². The van der Waals surface area contributed by atoms with Gasteiger partial charge in [0.25, 0.3) is 11.8 Å². The number of carbonyl (C=O) groups excluding carboxylic acids is 1. The van der Waals surface area contributed by atoms with Crippen LogP contribution in [0.3, 0.4) is 0 Å². The van der Waals surface area contributed by atoms with Gasteiger partial charge < -0.3 is 14.6 Å². The maximum absolute atomic E-state index is 12.6. The van der Waals surface area contributed by atoms with Gasteiger partial charge in [-0.15, -0.1) is 0 Å². The van der Waals surface area contributed by atoms with Crippen LogP contribution < -0.4 is 10.1 Å². The van der Waals surface area contributed by atoms with Crippen LogP contribution in [-0.4, -0.2) is 16.0 Å². The molecular weight excluding hydrogens is 366 g/mol. The van der Waals surface area contributed by atoms with E-state index in [1.54, 1.807) is 18.2 Å². The highest BCUT2D eigenvalue weighted by Crippen LogP contribution is 2.27. The smallest absolute Gasteiger partial charge is 0.260 e. The number of hydrogen-bond acceptors (Lipinski definition) is 5. The van der Waals surface area contributed by atoms with E-state index in [9.17, 15) is 4.79 Å². The zero-order chi connectivity index (χ0) is 20.1. The van der Waals surface area contributed by atoms with Crippen molar-refractivity contribution in [2.45, 2.75) is 13.5 Å². The summed E-state index contributed by atoms with van der Waals surface area (Å²) in [6.45, 7) is 2.16. The normalized spacial score (nSPS) is 10.5. The lowest BCUT2D eigenvalue weighted by Gasteiger charge is -2.08. The number of para-hydroxylation sites is 2. The summed E-state index contributed by atoms with van der Waals surface area (Å²) in [5.74, 6) is 1.26. The number of hydrogen-bond donors (Lipinski definition) is 1. The number of nitrogens with zero attached hydrogens (tertiary/aromatic N) is 2. The van der Waals surface area contributed by atoms with Crippen molar-refractivity contribution in [1.29, 1.82) is 0 Å². The molecule has 0 atom stereocenters. The number of rotatable bonds is 6. The van der Waals surface area contributed by atoms with E-state index in [0.29, 0.717) is 28.5 Å². The lowest BCUT2D eigenvalue weighted by Crippen LogP contribution is -2.12. The van der Waals surface area contributed by atoms with Crippen molar-refractivity contribution in [2.24, 2.45) is 0 Å². The molecule has 6 nitrogen and oxygen atoms in total. The van der Waals surface area contributed by atoms with Crippen LogP contribution in [0.2, 0.25) is 0 Å². The molecule has 0 fully saturated rings. The maximum atomic E-state index is 12.6. The molecule has 0 aliphatic rings. The Hall–Kier alpha value is -3.93. The van der Waals surface area contributed by atoms with Crippen LogP contribution in [0.15, 0.2) is 83.4 Å². The lowest BCUT2D eigenvalue weighted by atomic mass is 10.1. The first-order valence-electron chi connectivity index (χ1n) is 9.17. The fraction of sp³-hybridized carbons (Fsp3) is 0.0870. The monoisotopic (exact) mass is 385 g/mol. The molecule has 0 bridgehead atoms. The lowest BCUT2D eigenvalue weighted by molar-refractivity contribution is 0.102. The highest BCUT2D eigenvalue weighted by Gasteiger charge is 2.15. The van der Waals surface area contributed by atoms with E-state index in [1.165, 1.54) is 0 Å². The Bertz CT molecular complexity index is 1110. The molecule has 0 aliphatic heterocycles.